The van der Waals surface area contributed by atoms with Gasteiger partial charge in [-0.3, -0.25) is 9.59 Å². The Kier molecular flexibility index (Phi) is 7.12. The van der Waals surface area contributed by atoms with Crippen LogP contribution in [0.2, 0.25) is 0 Å². The molecule has 0 bridgehead atoms. The van der Waals surface area contributed by atoms with E-state index in [1.807, 2.05) is 56.3 Å². The molecule has 1 aromatic heterocycles. The van der Waals surface area contributed by atoms with E-state index >= 15 is 0 Å². The third-order valence-corrected chi connectivity index (χ3v) is 5.35. The van der Waals surface area contributed by atoms with E-state index in [0.717, 1.165) is 33.5 Å². The largest absolute Gasteiger partial charge is 0.497 e. The predicted octanol–water partition coefficient (Wildman–Crippen LogP) is 3.76. The molecule has 0 atom stereocenters. The van der Waals surface area contributed by atoms with Crippen molar-refractivity contribution in [2.75, 3.05) is 26.7 Å². The minimum Gasteiger partial charge on any atom is -0.497 e. The van der Waals surface area contributed by atoms with Gasteiger partial charge >= 0.3 is 0 Å². The Morgan fingerprint density at radius 1 is 1.03 bits per heavy atom. The zero-order chi connectivity index (χ0) is 21.5. The Morgan fingerprint density at radius 3 is 2.40 bits per heavy atom. The van der Waals surface area contributed by atoms with Crippen molar-refractivity contribution < 1.29 is 14.3 Å². The number of methoxy groups -OCH3 is 1. The number of carbonyl (C=O) groups excluding carboxylic acids is 2. The highest BCUT2D eigenvalue weighted by Crippen LogP contribution is 2.32. The lowest BCUT2D eigenvalue weighted by molar-refractivity contribution is -0.132. The number of nitrogens with one attached hydrogen (secondary N) is 2. The molecule has 0 aliphatic heterocycles. The second-order valence-corrected chi connectivity index (χ2v) is 7.10. The van der Waals surface area contributed by atoms with Gasteiger partial charge in [0.2, 0.25) is 11.8 Å². The summed E-state index contributed by atoms with van der Waals surface area (Å²) in [7, 11) is 1.65. The Morgan fingerprint density at radius 2 is 1.73 bits per heavy atom. The molecule has 0 aliphatic rings. The first-order valence-electron chi connectivity index (χ1n) is 10.4. The molecule has 158 valence electrons. The number of amides is 2. The molecular weight excluding hydrogens is 378 g/mol. The van der Waals surface area contributed by atoms with Crippen LogP contribution in [0.1, 0.15) is 25.8 Å². The van der Waals surface area contributed by atoms with Crippen LogP contribution in [0.4, 0.5) is 0 Å². The summed E-state index contributed by atoms with van der Waals surface area (Å²) in [4.78, 5) is 29.7. The third-order valence-electron chi connectivity index (χ3n) is 5.35. The van der Waals surface area contributed by atoms with E-state index in [1.54, 1.807) is 12.0 Å². The van der Waals surface area contributed by atoms with Gasteiger partial charge in [0, 0.05) is 36.1 Å². The minimum absolute atomic E-state index is 0.0414. The van der Waals surface area contributed by atoms with Crippen molar-refractivity contribution >= 4 is 22.7 Å². The number of ether oxygens (including phenoxy) is 1. The molecular formula is C24H29N3O3. The quantitative estimate of drug-likeness (QED) is 0.567. The van der Waals surface area contributed by atoms with Gasteiger partial charge in [-0.25, -0.2) is 0 Å². The van der Waals surface area contributed by atoms with Crippen LogP contribution in [0.3, 0.4) is 0 Å². The number of hydrogen-bond donors (Lipinski definition) is 2. The van der Waals surface area contributed by atoms with E-state index in [9.17, 15) is 9.59 Å². The molecule has 0 spiro atoms. The van der Waals surface area contributed by atoms with Crippen molar-refractivity contribution in [3.63, 3.8) is 0 Å². The van der Waals surface area contributed by atoms with E-state index in [1.165, 1.54) is 0 Å². The van der Waals surface area contributed by atoms with Gasteiger partial charge in [-0.1, -0.05) is 18.2 Å². The average molecular weight is 408 g/mol. The number of aryl methyl sites for hydroxylation is 1. The first-order valence-corrected chi connectivity index (χ1v) is 10.4. The summed E-state index contributed by atoms with van der Waals surface area (Å²) in [6, 6.07) is 16.0. The lowest BCUT2D eigenvalue weighted by atomic mass is 10.0. The number of benzene rings is 2. The van der Waals surface area contributed by atoms with Crippen molar-refractivity contribution in [3.8, 4) is 17.0 Å². The highest BCUT2D eigenvalue weighted by Gasteiger charge is 2.16. The number of aromatic nitrogens is 1. The van der Waals surface area contributed by atoms with E-state index < -0.39 is 0 Å². The van der Waals surface area contributed by atoms with Crippen LogP contribution in [0.5, 0.6) is 5.75 Å². The molecule has 3 aromatic rings. The van der Waals surface area contributed by atoms with Crippen LogP contribution in [0.25, 0.3) is 22.2 Å². The molecule has 2 N–H and O–H groups in total. The van der Waals surface area contributed by atoms with Crippen molar-refractivity contribution in [2.24, 2.45) is 0 Å². The highest BCUT2D eigenvalue weighted by atomic mass is 16.5. The smallest absolute Gasteiger partial charge is 0.241 e. The molecule has 0 unspecified atom stereocenters. The fourth-order valence-corrected chi connectivity index (χ4v) is 3.65. The third kappa shape index (κ3) is 4.82. The van der Waals surface area contributed by atoms with Gasteiger partial charge in [0.25, 0.3) is 0 Å². The van der Waals surface area contributed by atoms with Crippen molar-refractivity contribution in [3.05, 3.63) is 54.1 Å². The molecule has 3 rings (SSSR count). The Balaban J connectivity index is 1.75. The van der Waals surface area contributed by atoms with Gasteiger partial charge in [-0.2, -0.15) is 0 Å². The highest BCUT2D eigenvalue weighted by molar-refractivity contribution is 5.92. The van der Waals surface area contributed by atoms with Crippen molar-refractivity contribution in [1.29, 1.82) is 0 Å². The van der Waals surface area contributed by atoms with E-state index in [4.69, 9.17) is 4.74 Å². The summed E-state index contributed by atoms with van der Waals surface area (Å²) >= 11 is 0. The summed E-state index contributed by atoms with van der Waals surface area (Å²) in [6.07, 6.45) is 0.896. The van der Waals surface area contributed by atoms with E-state index in [2.05, 4.69) is 16.4 Å². The topological polar surface area (TPSA) is 74.4 Å². The van der Waals surface area contributed by atoms with Gasteiger partial charge in [0.15, 0.2) is 0 Å². The fraction of sp³-hybridized carbons (Fsp3) is 0.333. The maximum absolute atomic E-state index is 12.4. The van der Waals surface area contributed by atoms with Crippen LogP contribution >= 0.6 is 0 Å². The molecule has 2 aromatic carbocycles. The SMILES string of the molecule is CCN(CC)C(=O)CNC(=O)CCc1c(-c2ccc(OC)cc2)[nH]c2ccccc12. The van der Waals surface area contributed by atoms with E-state index in [0.29, 0.717) is 25.9 Å². The molecule has 30 heavy (non-hydrogen) atoms. The lowest BCUT2D eigenvalue weighted by Gasteiger charge is -2.18. The average Bonchev–Trinajstić information content (AvgIpc) is 3.15. The second kappa shape index (κ2) is 9.96. The van der Waals surface area contributed by atoms with Crippen LogP contribution in [-0.4, -0.2) is 48.4 Å². The number of para-hydroxylation sites is 1. The lowest BCUT2D eigenvalue weighted by Crippen LogP contribution is -2.40. The van der Waals surface area contributed by atoms with Crippen molar-refractivity contribution in [2.45, 2.75) is 26.7 Å². The molecule has 0 aliphatic carbocycles. The molecule has 0 saturated carbocycles. The fourth-order valence-electron chi connectivity index (χ4n) is 3.65. The van der Waals surface area contributed by atoms with Crippen LogP contribution in [-0.2, 0) is 16.0 Å². The van der Waals surface area contributed by atoms with Gasteiger partial charge in [0.05, 0.1) is 13.7 Å². The van der Waals surface area contributed by atoms with Gasteiger partial charge in [-0.05, 0) is 61.7 Å². The zero-order valence-electron chi connectivity index (χ0n) is 17.8. The van der Waals surface area contributed by atoms with Gasteiger partial charge in [0.1, 0.15) is 5.75 Å². The number of fused-ring (bicyclic) bond motifs is 1. The Bertz CT molecular complexity index is 1000. The Labute approximate surface area is 177 Å². The maximum atomic E-state index is 12.4. The van der Waals surface area contributed by atoms with Crippen LogP contribution < -0.4 is 10.1 Å². The molecule has 2 amide bonds. The predicted molar refractivity (Wildman–Crippen MR) is 120 cm³/mol. The second-order valence-electron chi connectivity index (χ2n) is 7.10. The molecule has 6 nitrogen and oxygen atoms in total. The number of carbonyl (C=O) groups is 2. The summed E-state index contributed by atoms with van der Waals surface area (Å²) in [6.45, 7) is 5.19. The van der Waals surface area contributed by atoms with Crippen LogP contribution in [0, 0.1) is 0 Å². The zero-order valence-corrected chi connectivity index (χ0v) is 17.8. The van der Waals surface area contributed by atoms with Gasteiger partial charge in [-0.15, -0.1) is 0 Å². The number of H-pyrrole nitrogens is 1. The minimum atomic E-state index is -0.124. The summed E-state index contributed by atoms with van der Waals surface area (Å²) in [5, 5.41) is 3.87. The number of nitrogens with zero attached hydrogens (tertiary/aromatic N) is 1. The number of likely N-dealkylation sites (N-methyl/N-ethyl adjacent to an activating group) is 1. The summed E-state index contributed by atoms with van der Waals surface area (Å²) in [5.74, 6) is 0.620. The monoisotopic (exact) mass is 407 g/mol. The first kappa shape index (κ1) is 21.4. The Hall–Kier alpha value is -3.28. The standard InChI is InChI=1S/C24H29N3O3/c1-4-27(5-2)23(29)16-25-22(28)15-14-20-19-8-6-7-9-21(19)26-24(20)17-10-12-18(30-3)13-11-17/h6-13,26H,4-5,14-16H2,1-3H3,(H,25,28). The molecule has 6 heteroatoms. The molecule has 0 saturated heterocycles. The molecule has 0 fully saturated rings. The van der Waals surface area contributed by atoms with Crippen molar-refractivity contribution in [1.82, 2.24) is 15.2 Å². The van der Waals surface area contributed by atoms with E-state index in [-0.39, 0.29) is 18.4 Å². The summed E-state index contributed by atoms with van der Waals surface area (Å²) in [5.41, 5.74) is 4.18. The number of rotatable bonds is 9. The maximum Gasteiger partial charge on any atom is 0.241 e. The molecule has 0 radical (unpaired) electrons. The van der Waals surface area contributed by atoms with Gasteiger partial charge < -0.3 is 19.9 Å². The number of aromatic amines is 1. The number of hydrogen-bond acceptors (Lipinski definition) is 3. The summed E-state index contributed by atoms with van der Waals surface area (Å²) < 4.78 is 5.26. The normalized spacial score (nSPS) is 10.8. The first-order chi connectivity index (χ1) is 14.6. The molecule has 1 heterocycles. The van der Waals surface area contributed by atoms with Crippen LogP contribution in [0.15, 0.2) is 48.5 Å².